The molecule has 8 heteroatoms. The molecule has 1 amide bonds. The van der Waals surface area contributed by atoms with Crippen molar-refractivity contribution in [3.63, 3.8) is 0 Å². The van der Waals surface area contributed by atoms with E-state index in [1.807, 2.05) is 0 Å². The average molecular weight is 364 g/mol. The molecule has 0 bridgehead atoms. The van der Waals surface area contributed by atoms with Gasteiger partial charge >= 0.3 is 5.76 Å². The van der Waals surface area contributed by atoms with Gasteiger partial charge in [-0.2, -0.15) is 4.98 Å². The highest BCUT2D eigenvalue weighted by Crippen LogP contribution is 2.21. The first kappa shape index (κ1) is 16.8. The van der Waals surface area contributed by atoms with Crippen LogP contribution >= 0.6 is 0 Å². The molecule has 0 spiro atoms. The van der Waals surface area contributed by atoms with Gasteiger partial charge in [0.25, 0.3) is 5.89 Å². The highest BCUT2D eigenvalue weighted by atomic mass is 16.5. The van der Waals surface area contributed by atoms with E-state index in [-0.39, 0.29) is 5.91 Å². The Morgan fingerprint density at radius 2 is 1.89 bits per heavy atom. The summed E-state index contributed by atoms with van der Waals surface area (Å²) < 4.78 is 11.6. The summed E-state index contributed by atoms with van der Waals surface area (Å²) in [5.41, 5.74) is 2.36. The first-order valence-electron chi connectivity index (χ1n) is 8.34. The standard InChI is InChI=1S/C19H16N4O4/c1-11(23-15-5-3-4-6-16(15)26-19(23)25)17(24)21-14-9-7-13(8-10-14)18-20-12(2)22-27-18/h3-11H,1-2H3,(H,21,24). The number of carbonyl (C=O) groups excluding carboxylic acids is 1. The summed E-state index contributed by atoms with van der Waals surface area (Å²) in [5, 5.41) is 6.55. The molecule has 2 heterocycles. The first-order chi connectivity index (χ1) is 13.0. The van der Waals surface area contributed by atoms with Gasteiger partial charge in [-0.05, 0) is 50.2 Å². The zero-order valence-electron chi connectivity index (χ0n) is 14.7. The number of nitrogens with one attached hydrogen (secondary N) is 1. The third-order valence-corrected chi connectivity index (χ3v) is 4.21. The molecule has 0 saturated carbocycles. The second kappa shape index (κ2) is 6.56. The van der Waals surface area contributed by atoms with Crippen LogP contribution in [-0.2, 0) is 4.79 Å². The number of aromatic nitrogens is 3. The van der Waals surface area contributed by atoms with Crippen molar-refractivity contribution in [2.24, 2.45) is 0 Å². The van der Waals surface area contributed by atoms with Gasteiger partial charge in [-0.3, -0.25) is 9.36 Å². The SMILES string of the molecule is Cc1noc(-c2ccc(NC(=O)C(C)n3c(=O)oc4ccccc43)cc2)n1. The predicted molar refractivity (Wildman–Crippen MR) is 98.3 cm³/mol. The van der Waals surface area contributed by atoms with Gasteiger partial charge in [0.15, 0.2) is 11.4 Å². The Morgan fingerprint density at radius 1 is 1.15 bits per heavy atom. The van der Waals surface area contributed by atoms with E-state index in [2.05, 4.69) is 15.5 Å². The Morgan fingerprint density at radius 3 is 2.59 bits per heavy atom. The zero-order chi connectivity index (χ0) is 19.0. The fourth-order valence-corrected chi connectivity index (χ4v) is 2.83. The number of rotatable bonds is 4. The van der Waals surface area contributed by atoms with Crippen LogP contribution in [0.3, 0.4) is 0 Å². The molecule has 0 aliphatic rings. The first-order valence-corrected chi connectivity index (χ1v) is 8.34. The van der Waals surface area contributed by atoms with Crippen LogP contribution in [0.25, 0.3) is 22.6 Å². The zero-order valence-corrected chi connectivity index (χ0v) is 14.7. The van der Waals surface area contributed by atoms with E-state index >= 15 is 0 Å². The summed E-state index contributed by atoms with van der Waals surface area (Å²) in [6, 6.07) is 13.3. The maximum absolute atomic E-state index is 12.6. The van der Waals surface area contributed by atoms with Crippen LogP contribution in [0.2, 0.25) is 0 Å². The van der Waals surface area contributed by atoms with Gasteiger partial charge in [0.2, 0.25) is 5.91 Å². The number of anilines is 1. The molecule has 2 aromatic heterocycles. The summed E-state index contributed by atoms with van der Waals surface area (Å²) in [4.78, 5) is 28.9. The van der Waals surface area contributed by atoms with Crippen LogP contribution in [-0.4, -0.2) is 20.6 Å². The van der Waals surface area contributed by atoms with E-state index in [1.165, 1.54) is 4.57 Å². The summed E-state index contributed by atoms with van der Waals surface area (Å²) in [7, 11) is 0. The van der Waals surface area contributed by atoms with Gasteiger partial charge in [0.1, 0.15) is 6.04 Å². The minimum atomic E-state index is -0.737. The Kier molecular flexibility index (Phi) is 4.08. The molecule has 1 N–H and O–H groups in total. The molecule has 4 rings (SSSR count). The van der Waals surface area contributed by atoms with Crippen LogP contribution in [0.5, 0.6) is 0 Å². The molecule has 0 fully saturated rings. The summed E-state index contributed by atoms with van der Waals surface area (Å²) >= 11 is 0. The summed E-state index contributed by atoms with van der Waals surface area (Å²) in [6.45, 7) is 3.39. The van der Waals surface area contributed by atoms with E-state index in [0.29, 0.717) is 28.5 Å². The van der Waals surface area contributed by atoms with Crippen molar-refractivity contribution in [1.29, 1.82) is 0 Å². The van der Waals surface area contributed by atoms with Gasteiger partial charge in [-0.25, -0.2) is 4.79 Å². The lowest BCUT2D eigenvalue weighted by molar-refractivity contribution is -0.118. The lowest BCUT2D eigenvalue weighted by Gasteiger charge is -2.13. The second-order valence-electron chi connectivity index (χ2n) is 6.10. The molecule has 2 aromatic carbocycles. The molecule has 136 valence electrons. The molecule has 0 radical (unpaired) electrons. The van der Waals surface area contributed by atoms with Crippen molar-refractivity contribution in [1.82, 2.24) is 14.7 Å². The molecular weight excluding hydrogens is 348 g/mol. The van der Waals surface area contributed by atoms with E-state index in [1.54, 1.807) is 62.4 Å². The molecule has 0 saturated heterocycles. The Hall–Kier alpha value is -3.68. The molecule has 1 atom stereocenters. The monoisotopic (exact) mass is 364 g/mol. The van der Waals surface area contributed by atoms with Crippen molar-refractivity contribution in [3.8, 4) is 11.5 Å². The van der Waals surface area contributed by atoms with Crippen molar-refractivity contribution in [2.45, 2.75) is 19.9 Å². The predicted octanol–water partition coefficient (Wildman–Crippen LogP) is 3.15. The number of carbonyl (C=O) groups is 1. The number of hydrogen-bond donors (Lipinski definition) is 1. The second-order valence-corrected chi connectivity index (χ2v) is 6.10. The number of benzene rings is 2. The molecule has 27 heavy (non-hydrogen) atoms. The number of oxazole rings is 1. The molecular formula is C19H16N4O4. The number of fused-ring (bicyclic) bond motifs is 1. The van der Waals surface area contributed by atoms with Crippen LogP contribution in [0, 0.1) is 6.92 Å². The smallest absolute Gasteiger partial charge is 0.408 e. The third-order valence-electron chi connectivity index (χ3n) is 4.21. The third kappa shape index (κ3) is 3.12. The quantitative estimate of drug-likeness (QED) is 0.597. The lowest BCUT2D eigenvalue weighted by atomic mass is 10.2. The van der Waals surface area contributed by atoms with Gasteiger partial charge in [-0.1, -0.05) is 17.3 Å². The number of aryl methyl sites for hydroxylation is 1. The van der Waals surface area contributed by atoms with Crippen molar-refractivity contribution >= 4 is 22.7 Å². The average Bonchev–Trinajstić information content (AvgIpc) is 3.24. The highest BCUT2D eigenvalue weighted by Gasteiger charge is 2.21. The Balaban J connectivity index is 1.55. The lowest BCUT2D eigenvalue weighted by Crippen LogP contribution is -2.29. The minimum absolute atomic E-state index is 0.329. The Labute approximate surface area is 153 Å². The van der Waals surface area contributed by atoms with Gasteiger partial charge < -0.3 is 14.3 Å². The maximum atomic E-state index is 12.6. The minimum Gasteiger partial charge on any atom is -0.408 e. The summed E-state index contributed by atoms with van der Waals surface area (Å²) in [6.07, 6.45) is 0. The van der Waals surface area contributed by atoms with Gasteiger partial charge in [-0.15, -0.1) is 0 Å². The number of hydrogen-bond acceptors (Lipinski definition) is 6. The number of amides is 1. The Bertz CT molecular complexity index is 1170. The van der Waals surface area contributed by atoms with Gasteiger partial charge in [0.05, 0.1) is 5.52 Å². The summed E-state index contributed by atoms with van der Waals surface area (Å²) in [5.74, 6) is 0.0650. The fourth-order valence-electron chi connectivity index (χ4n) is 2.83. The van der Waals surface area contributed by atoms with Crippen LogP contribution in [0.1, 0.15) is 18.8 Å². The number of para-hydroxylation sites is 2. The van der Waals surface area contributed by atoms with E-state index in [4.69, 9.17) is 8.94 Å². The van der Waals surface area contributed by atoms with Crippen LogP contribution in [0.4, 0.5) is 5.69 Å². The molecule has 8 nitrogen and oxygen atoms in total. The highest BCUT2D eigenvalue weighted by molar-refractivity contribution is 5.94. The molecule has 0 aliphatic heterocycles. The van der Waals surface area contributed by atoms with Crippen LogP contribution in [0.15, 0.2) is 62.3 Å². The van der Waals surface area contributed by atoms with E-state index < -0.39 is 11.8 Å². The normalized spacial score (nSPS) is 12.2. The maximum Gasteiger partial charge on any atom is 0.420 e. The molecule has 1 unspecified atom stereocenters. The van der Waals surface area contributed by atoms with E-state index in [0.717, 1.165) is 5.56 Å². The number of nitrogens with zero attached hydrogens (tertiary/aromatic N) is 3. The molecule has 0 aliphatic carbocycles. The largest absolute Gasteiger partial charge is 0.420 e. The van der Waals surface area contributed by atoms with Crippen molar-refractivity contribution in [3.05, 3.63) is 64.9 Å². The fraction of sp³-hybridized carbons (Fsp3) is 0.158. The van der Waals surface area contributed by atoms with Crippen molar-refractivity contribution in [2.75, 3.05) is 5.32 Å². The molecule has 4 aromatic rings. The van der Waals surface area contributed by atoms with Crippen LogP contribution < -0.4 is 11.1 Å². The van der Waals surface area contributed by atoms with Gasteiger partial charge in [0, 0.05) is 11.3 Å². The van der Waals surface area contributed by atoms with Crippen molar-refractivity contribution < 1.29 is 13.7 Å². The topological polar surface area (TPSA) is 103 Å². The van der Waals surface area contributed by atoms with E-state index in [9.17, 15) is 9.59 Å².